The molecule has 0 aliphatic heterocycles. The van der Waals surface area contributed by atoms with E-state index in [0.717, 1.165) is 5.56 Å². The molecule has 0 bridgehead atoms. The van der Waals surface area contributed by atoms with Crippen LogP contribution >= 0.6 is 11.6 Å². The standard InChI is InChI=1S/C12H11ClN2O/c1-16-10-6-3-7-15-12(10)8-4-2-5-9(13)11(8)14/h2-7H,14H2,1H3. The van der Waals surface area contributed by atoms with Crippen molar-refractivity contribution in [3.8, 4) is 17.0 Å². The summed E-state index contributed by atoms with van der Waals surface area (Å²) in [5.41, 5.74) is 7.91. The number of ether oxygens (including phenoxy) is 1. The van der Waals surface area contributed by atoms with E-state index >= 15 is 0 Å². The van der Waals surface area contributed by atoms with Crippen LogP contribution in [0.4, 0.5) is 5.69 Å². The van der Waals surface area contributed by atoms with E-state index in [1.165, 1.54) is 0 Å². The van der Waals surface area contributed by atoms with Gasteiger partial charge in [0.25, 0.3) is 0 Å². The van der Waals surface area contributed by atoms with Crippen molar-refractivity contribution in [2.75, 3.05) is 12.8 Å². The molecule has 1 aromatic carbocycles. The van der Waals surface area contributed by atoms with Crippen molar-refractivity contribution in [3.05, 3.63) is 41.6 Å². The minimum absolute atomic E-state index is 0.515. The summed E-state index contributed by atoms with van der Waals surface area (Å²) in [5, 5.41) is 0.519. The van der Waals surface area contributed by atoms with Crippen LogP contribution in [0.2, 0.25) is 5.02 Å². The lowest BCUT2D eigenvalue weighted by atomic mass is 10.1. The fraction of sp³-hybridized carbons (Fsp3) is 0.0833. The number of rotatable bonds is 2. The minimum Gasteiger partial charge on any atom is -0.494 e. The minimum atomic E-state index is 0.515. The Labute approximate surface area is 98.8 Å². The summed E-state index contributed by atoms with van der Waals surface area (Å²) in [7, 11) is 1.60. The van der Waals surface area contributed by atoms with Gasteiger partial charge >= 0.3 is 0 Å². The monoisotopic (exact) mass is 234 g/mol. The van der Waals surface area contributed by atoms with E-state index in [1.54, 1.807) is 19.4 Å². The number of nitrogens with zero attached hydrogens (tertiary/aromatic N) is 1. The number of pyridine rings is 1. The first-order chi connectivity index (χ1) is 7.74. The second-order valence-electron chi connectivity index (χ2n) is 3.26. The summed E-state index contributed by atoms with van der Waals surface area (Å²) in [4.78, 5) is 4.26. The number of hydrogen-bond donors (Lipinski definition) is 1. The second-order valence-corrected chi connectivity index (χ2v) is 3.66. The Kier molecular flexibility index (Phi) is 2.97. The van der Waals surface area contributed by atoms with E-state index in [4.69, 9.17) is 22.1 Å². The fourth-order valence-electron chi connectivity index (χ4n) is 1.50. The Morgan fingerprint density at radius 3 is 2.81 bits per heavy atom. The molecule has 2 rings (SSSR count). The van der Waals surface area contributed by atoms with Crippen molar-refractivity contribution < 1.29 is 4.74 Å². The highest BCUT2D eigenvalue weighted by molar-refractivity contribution is 6.33. The van der Waals surface area contributed by atoms with E-state index in [0.29, 0.717) is 22.2 Å². The van der Waals surface area contributed by atoms with Crippen LogP contribution in [0, 0.1) is 0 Å². The smallest absolute Gasteiger partial charge is 0.145 e. The number of benzene rings is 1. The summed E-state index contributed by atoms with van der Waals surface area (Å²) in [6.07, 6.45) is 1.69. The molecule has 1 aromatic heterocycles. The van der Waals surface area contributed by atoms with Gasteiger partial charge in [-0.1, -0.05) is 23.7 Å². The van der Waals surface area contributed by atoms with Gasteiger partial charge in [0.1, 0.15) is 11.4 Å². The molecule has 0 radical (unpaired) electrons. The number of aromatic nitrogens is 1. The zero-order valence-electron chi connectivity index (χ0n) is 8.77. The van der Waals surface area contributed by atoms with Crippen LogP contribution in [0.15, 0.2) is 36.5 Å². The number of anilines is 1. The van der Waals surface area contributed by atoms with E-state index in [1.807, 2.05) is 24.3 Å². The van der Waals surface area contributed by atoms with Gasteiger partial charge in [-0.25, -0.2) is 0 Å². The summed E-state index contributed by atoms with van der Waals surface area (Å²) >= 11 is 5.97. The number of methoxy groups -OCH3 is 1. The Morgan fingerprint density at radius 2 is 2.06 bits per heavy atom. The van der Waals surface area contributed by atoms with Gasteiger partial charge in [0.05, 0.1) is 17.8 Å². The topological polar surface area (TPSA) is 48.1 Å². The number of hydrogen-bond acceptors (Lipinski definition) is 3. The molecule has 0 saturated carbocycles. The number of nitrogens with two attached hydrogens (primary N) is 1. The van der Waals surface area contributed by atoms with Crippen LogP contribution in [0.1, 0.15) is 0 Å². The maximum atomic E-state index is 5.97. The van der Waals surface area contributed by atoms with Crippen molar-refractivity contribution in [2.45, 2.75) is 0 Å². The molecule has 0 fully saturated rings. The highest BCUT2D eigenvalue weighted by atomic mass is 35.5. The molecule has 1 heterocycles. The quantitative estimate of drug-likeness (QED) is 0.813. The molecule has 0 spiro atoms. The summed E-state index contributed by atoms with van der Waals surface area (Å²) < 4.78 is 5.23. The molecule has 0 saturated heterocycles. The van der Waals surface area contributed by atoms with E-state index < -0.39 is 0 Å². The van der Waals surface area contributed by atoms with Crippen molar-refractivity contribution in [2.24, 2.45) is 0 Å². The highest BCUT2D eigenvalue weighted by Crippen LogP contribution is 2.34. The lowest BCUT2D eigenvalue weighted by Gasteiger charge is -2.10. The van der Waals surface area contributed by atoms with Crippen molar-refractivity contribution in [3.63, 3.8) is 0 Å². The van der Waals surface area contributed by atoms with E-state index in [2.05, 4.69) is 4.98 Å². The van der Waals surface area contributed by atoms with Gasteiger partial charge in [-0.2, -0.15) is 0 Å². The van der Waals surface area contributed by atoms with Gasteiger partial charge in [0.15, 0.2) is 0 Å². The molecular formula is C12H11ClN2O. The van der Waals surface area contributed by atoms with Crippen LogP contribution in [-0.2, 0) is 0 Å². The molecule has 2 aromatic rings. The summed E-state index contributed by atoms with van der Waals surface area (Å²) in [5.74, 6) is 0.677. The molecule has 2 N–H and O–H groups in total. The average Bonchev–Trinajstić information content (AvgIpc) is 2.33. The van der Waals surface area contributed by atoms with Gasteiger partial charge in [-0.3, -0.25) is 4.98 Å². The first-order valence-electron chi connectivity index (χ1n) is 4.77. The lowest BCUT2D eigenvalue weighted by Crippen LogP contribution is -1.95. The zero-order chi connectivity index (χ0) is 11.5. The Morgan fingerprint density at radius 1 is 1.25 bits per heavy atom. The third-order valence-corrected chi connectivity index (χ3v) is 2.63. The average molecular weight is 235 g/mol. The van der Waals surface area contributed by atoms with Gasteiger partial charge in [0, 0.05) is 11.8 Å². The first kappa shape index (κ1) is 10.8. The Bertz CT molecular complexity index is 514. The maximum absolute atomic E-state index is 5.97. The number of nitrogen functional groups attached to an aromatic ring is 1. The van der Waals surface area contributed by atoms with Crippen LogP contribution in [0.25, 0.3) is 11.3 Å². The van der Waals surface area contributed by atoms with E-state index in [-0.39, 0.29) is 0 Å². The van der Waals surface area contributed by atoms with E-state index in [9.17, 15) is 0 Å². The predicted molar refractivity (Wildman–Crippen MR) is 65.6 cm³/mol. The largest absolute Gasteiger partial charge is 0.494 e. The van der Waals surface area contributed by atoms with Crippen molar-refractivity contribution in [1.82, 2.24) is 4.98 Å². The van der Waals surface area contributed by atoms with Crippen molar-refractivity contribution in [1.29, 1.82) is 0 Å². The van der Waals surface area contributed by atoms with Gasteiger partial charge < -0.3 is 10.5 Å². The molecule has 0 atom stereocenters. The SMILES string of the molecule is COc1cccnc1-c1cccc(Cl)c1N. The number of para-hydroxylation sites is 1. The molecule has 0 aliphatic carbocycles. The molecule has 4 heteroatoms. The Balaban J connectivity index is 2.63. The molecule has 16 heavy (non-hydrogen) atoms. The maximum Gasteiger partial charge on any atom is 0.145 e. The van der Waals surface area contributed by atoms with Crippen LogP contribution in [0.5, 0.6) is 5.75 Å². The molecule has 0 unspecified atom stereocenters. The molecule has 3 nitrogen and oxygen atoms in total. The third-order valence-electron chi connectivity index (χ3n) is 2.30. The Hall–Kier alpha value is -1.74. The second kappa shape index (κ2) is 4.41. The molecule has 0 aliphatic rings. The zero-order valence-corrected chi connectivity index (χ0v) is 9.53. The van der Waals surface area contributed by atoms with Gasteiger partial charge in [-0.05, 0) is 18.2 Å². The lowest BCUT2D eigenvalue weighted by molar-refractivity contribution is 0.415. The van der Waals surface area contributed by atoms with Crippen LogP contribution < -0.4 is 10.5 Å². The van der Waals surface area contributed by atoms with Gasteiger partial charge in [0.2, 0.25) is 0 Å². The van der Waals surface area contributed by atoms with Gasteiger partial charge in [-0.15, -0.1) is 0 Å². The summed E-state index contributed by atoms with van der Waals surface area (Å²) in [6.45, 7) is 0. The predicted octanol–water partition coefficient (Wildman–Crippen LogP) is 2.99. The highest BCUT2D eigenvalue weighted by Gasteiger charge is 2.11. The summed E-state index contributed by atoms with van der Waals surface area (Å²) in [6, 6.07) is 9.09. The third kappa shape index (κ3) is 1.82. The number of halogens is 1. The fourth-order valence-corrected chi connectivity index (χ4v) is 1.68. The molecule has 0 amide bonds. The molecule has 82 valence electrons. The first-order valence-corrected chi connectivity index (χ1v) is 5.15. The normalized spacial score (nSPS) is 10.1. The molecular weight excluding hydrogens is 224 g/mol. The van der Waals surface area contributed by atoms with Crippen LogP contribution in [-0.4, -0.2) is 12.1 Å². The van der Waals surface area contributed by atoms with Crippen LogP contribution in [0.3, 0.4) is 0 Å². The van der Waals surface area contributed by atoms with Crippen molar-refractivity contribution >= 4 is 17.3 Å².